The molecule has 1 amide bonds. The van der Waals surface area contributed by atoms with E-state index in [1.165, 1.54) is 0 Å². The van der Waals surface area contributed by atoms with E-state index >= 15 is 0 Å². The van der Waals surface area contributed by atoms with Gasteiger partial charge < -0.3 is 11.1 Å². The van der Waals surface area contributed by atoms with Gasteiger partial charge in [-0.2, -0.15) is 0 Å². The van der Waals surface area contributed by atoms with Crippen molar-refractivity contribution in [2.75, 3.05) is 6.54 Å². The van der Waals surface area contributed by atoms with E-state index in [2.05, 4.69) is 15.3 Å². The topological polar surface area (TPSA) is 80.9 Å². The second-order valence-electron chi connectivity index (χ2n) is 3.55. The number of aromatic nitrogens is 2. The lowest BCUT2D eigenvalue weighted by atomic mass is 10.3. The molecule has 0 fully saturated rings. The molecule has 5 nitrogen and oxygen atoms in total. The summed E-state index contributed by atoms with van der Waals surface area (Å²) in [5.41, 5.74) is 6.59. The van der Waals surface area contributed by atoms with Crippen LogP contribution in [0.5, 0.6) is 0 Å². The molecule has 1 atom stereocenters. The minimum atomic E-state index is -0.207. The molecule has 0 aliphatic rings. The van der Waals surface area contributed by atoms with Crippen LogP contribution >= 0.6 is 0 Å². The number of carbonyl (C=O) groups excluding carboxylic acids is 1. The van der Waals surface area contributed by atoms with Crippen molar-refractivity contribution in [3.8, 4) is 0 Å². The minimum absolute atomic E-state index is 0.0481. The van der Waals surface area contributed by atoms with Crippen molar-refractivity contribution in [1.29, 1.82) is 0 Å². The molecule has 1 rings (SSSR count). The fraction of sp³-hybridized carbons (Fsp3) is 0.500. The third-order valence-electron chi connectivity index (χ3n) is 1.93. The molecule has 82 valence electrons. The first-order valence-electron chi connectivity index (χ1n) is 4.86. The summed E-state index contributed by atoms with van der Waals surface area (Å²) in [5, 5.41) is 2.75. The van der Waals surface area contributed by atoms with Crippen molar-refractivity contribution in [3.63, 3.8) is 0 Å². The van der Waals surface area contributed by atoms with Gasteiger partial charge in [-0.3, -0.25) is 4.79 Å². The molecule has 0 aliphatic carbocycles. The van der Waals surface area contributed by atoms with Gasteiger partial charge in [-0.25, -0.2) is 9.97 Å². The zero-order valence-corrected chi connectivity index (χ0v) is 9.24. The molecule has 5 heteroatoms. The van der Waals surface area contributed by atoms with Crippen molar-refractivity contribution in [1.82, 2.24) is 15.3 Å². The smallest absolute Gasteiger partial charge is 0.270 e. The van der Waals surface area contributed by atoms with E-state index in [4.69, 9.17) is 5.73 Å². The van der Waals surface area contributed by atoms with Gasteiger partial charge in [0.1, 0.15) is 11.5 Å². The number of hydrogen-bond acceptors (Lipinski definition) is 4. The summed E-state index contributed by atoms with van der Waals surface area (Å²) in [5.74, 6) is 0.391. The highest BCUT2D eigenvalue weighted by Crippen LogP contribution is 2.00. The van der Waals surface area contributed by atoms with Crippen LogP contribution in [0.1, 0.15) is 28.9 Å². The molecule has 0 saturated heterocycles. The van der Waals surface area contributed by atoms with Crippen LogP contribution in [0.25, 0.3) is 0 Å². The number of hydrogen-bond donors (Lipinski definition) is 2. The van der Waals surface area contributed by atoms with Crippen molar-refractivity contribution >= 4 is 5.91 Å². The number of nitrogens with two attached hydrogens (primary N) is 1. The average Bonchev–Trinajstić information content (AvgIpc) is 2.16. The van der Waals surface area contributed by atoms with Crippen molar-refractivity contribution < 1.29 is 4.79 Å². The Morgan fingerprint density at radius 3 is 2.73 bits per heavy atom. The zero-order valence-electron chi connectivity index (χ0n) is 9.24. The summed E-state index contributed by atoms with van der Waals surface area (Å²) in [6.07, 6.45) is 0. The molecule has 0 aliphatic heterocycles. The molecule has 15 heavy (non-hydrogen) atoms. The molecular formula is C10H16N4O. The second kappa shape index (κ2) is 4.84. The van der Waals surface area contributed by atoms with E-state index in [1.54, 1.807) is 13.0 Å². The van der Waals surface area contributed by atoms with E-state index < -0.39 is 0 Å². The third-order valence-corrected chi connectivity index (χ3v) is 1.93. The summed E-state index contributed by atoms with van der Waals surface area (Å²) in [4.78, 5) is 19.8. The fourth-order valence-corrected chi connectivity index (χ4v) is 1.19. The maximum atomic E-state index is 11.7. The molecule has 0 spiro atoms. The number of nitrogens with zero attached hydrogens (tertiary/aromatic N) is 2. The molecule has 0 radical (unpaired) electrons. The number of amides is 1. The lowest BCUT2D eigenvalue weighted by Gasteiger charge is -2.11. The van der Waals surface area contributed by atoms with Gasteiger partial charge in [-0.15, -0.1) is 0 Å². The van der Waals surface area contributed by atoms with Crippen LogP contribution in [0.3, 0.4) is 0 Å². The first-order valence-corrected chi connectivity index (χ1v) is 4.86. The lowest BCUT2D eigenvalue weighted by molar-refractivity contribution is 0.0935. The molecule has 1 aromatic rings. The number of carbonyl (C=O) groups is 1. The highest BCUT2D eigenvalue weighted by atomic mass is 16.1. The van der Waals surface area contributed by atoms with Gasteiger partial charge >= 0.3 is 0 Å². The van der Waals surface area contributed by atoms with Crippen LogP contribution in [0.15, 0.2) is 6.07 Å². The number of rotatable bonds is 3. The minimum Gasteiger partial charge on any atom is -0.347 e. The molecule has 0 bridgehead atoms. The number of nitrogens with one attached hydrogen (secondary N) is 1. The third kappa shape index (κ3) is 3.28. The van der Waals surface area contributed by atoms with E-state index in [1.807, 2.05) is 13.8 Å². The Hall–Kier alpha value is -1.49. The van der Waals surface area contributed by atoms with Gasteiger partial charge in [0, 0.05) is 18.3 Å². The van der Waals surface area contributed by atoms with Crippen LogP contribution in [-0.2, 0) is 0 Å². The summed E-state index contributed by atoms with van der Waals surface area (Å²) in [6.45, 7) is 5.85. The molecule has 1 unspecified atom stereocenters. The standard InChI is InChI=1S/C10H16N4O/c1-6-4-9(14-8(3)12-6)10(15)13-7(2)5-11/h4,7H,5,11H2,1-3H3,(H,13,15). The van der Waals surface area contributed by atoms with E-state index in [-0.39, 0.29) is 11.9 Å². The fourth-order valence-electron chi connectivity index (χ4n) is 1.19. The van der Waals surface area contributed by atoms with Gasteiger partial charge in [-0.1, -0.05) is 0 Å². The second-order valence-corrected chi connectivity index (χ2v) is 3.55. The Labute approximate surface area is 89.1 Å². The Balaban J connectivity index is 2.82. The monoisotopic (exact) mass is 208 g/mol. The van der Waals surface area contributed by atoms with Crippen molar-refractivity contribution in [2.45, 2.75) is 26.8 Å². The van der Waals surface area contributed by atoms with Gasteiger partial charge in [-0.05, 0) is 26.8 Å². The van der Waals surface area contributed by atoms with E-state index in [0.717, 1.165) is 5.69 Å². The maximum Gasteiger partial charge on any atom is 0.270 e. The normalized spacial score (nSPS) is 12.3. The Bertz CT molecular complexity index is 344. The van der Waals surface area contributed by atoms with E-state index in [0.29, 0.717) is 18.1 Å². The van der Waals surface area contributed by atoms with Gasteiger partial charge in [0.15, 0.2) is 0 Å². The molecule has 0 saturated carbocycles. The molecule has 1 aromatic heterocycles. The first-order chi connectivity index (χ1) is 7.02. The quantitative estimate of drug-likeness (QED) is 0.742. The van der Waals surface area contributed by atoms with Crippen LogP contribution < -0.4 is 11.1 Å². The molecule has 1 heterocycles. The van der Waals surface area contributed by atoms with E-state index in [9.17, 15) is 4.79 Å². The predicted octanol–water partition coefficient (Wildman–Crippen LogP) is 0.170. The SMILES string of the molecule is Cc1cc(C(=O)NC(C)CN)nc(C)n1. The maximum absolute atomic E-state index is 11.7. The van der Waals surface area contributed by atoms with Crippen molar-refractivity contribution in [2.24, 2.45) is 5.73 Å². The zero-order chi connectivity index (χ0) is 11.4. The summed E-state index contributed by atoms with van der Waals surface area (Å²) >= 11 is 0. The van der Waals surface area contributed by atoms with Crippen LogP contribution in [0.4, 0.5) is 0 Å². The first kappa shape index (κ1) is 11.6. The van der Waals surface area contributed by atoms with Gasteiger partial charge in [0.25, 0.3) is 5.91 Å². The highest BCUT2D eigenvalue weighted by molar-refractivity contribution is 5.92. The van der Waals surface area contributed by atoms with Gasteiger partial charge in [0.05, 0.1) is 0 Å². The summed E-state index contributed by atoms with van der Waals surface area (Å²) < 4.78 is 0. The van der Waals surface area contributed by atoms with Crippen LogP contribution in [0.2, 0.25) is 0 Å². The largest absolute Gasteiger partial charge is 0.347 e. The Kier molecular flexibility index (Phi) is 3.74. The predicted molar refractivity (Wildman–Crippen MR) is 57.5 cm³/mol. The summed E-state index contributed by atoms with van der Waals surface area (Å²) in [7, 11) is 0. The molecular weight excluding hydrogens is 192 g/mol. The van der Waals surface area contributed by atoms with Crippen LogP contribution in [-0.4, -0.2) is 28.5 Å². The Morgan fingerprint density at radius 1 is 1.53 bits per heavy atom. The average molecular weight is 208 g/mol. The lowest BCUT2D eigenvalue weighted by Crippen LogP contribution is -2.38. The molecule has 3 N–H and O–H groups in total. The van der Waals surface area contributed by atoms with Crippen molar-refractivity contribution in [3.05, 3.63) is 23.3 Å². The van der Waals surface area contributed by atoms with Gasteiger partial charge in [0.2, 0.25) is 0 Å². The number of aryl methyl sites for hydroxylation is 2. The Morgan fingerprint density at radius 2 is 2.20 bits per heavy atom. The van der Waals surface area contributed by atoms with Crippen LogP contribution in [0, 0.1) is 13.8 Å². The highest BCUT2D eigenvalue weighted by Gasteiger charge is 2.11. The summed E-state index contributed by atoms with van der Waals surface area (Å²) in [6, 6.07) is 1.61. The molecule has 0 aromatic carbocycles.